The molecule has 0 aliphatic heterocycles. The van der Waals surface area contributed by atoms with Crippen molar-refractivity contribution in [2.75, 3.05) is 10.8 Å². The zero-order chi connectivity index (χ0) is 16.3. The van der Waals surface area contributed by atoms with Crippen molar-refractivity contribution in [1.29, 1.82) is 0 Å². The third-order valence-electron chi connectivity index (χ3n) is 3.12. The van der Waals surface area contributed by atoms with Gasteiger partial charge in [0.15, 0.2) is 0 Å². The van der Waals surface area contributed by atoms with Gasteiger partial charge in [-0.3, -0.25) is 4.31 Å². The van der Waals surface area contributed by atoms with E-state index in [2.05, 4.69) is 22.5 Å². The Bertz CT molecular complexity index is 783. The molecule has 0 aromatic heterocycles. The van der Waals surface area contributed by atoms with Crippen LogP contribution in [0.3, 0.4) is 0 Å². The molecular weight excluding hydrogens is 362 g/mol. The van der Waals surface area contributed by atoms with Gasteiger partial charge < -0.3 is 0 Å². The summed E-state index contributed by atoms with van der Waals surface area (Å²) in [5, 5.41) is 0. The van der Waals surface area contributed by atoms with Crippen LogP contribution in [-0.2, 0) is 10.0 Å². The molecule has 3 nitrogen and oxygen atoms in total. The van der Waals surface area contributed by atoms with E-state index in [0.717, 1.165) is 15.6 Å². The minimum Gasteiger partial charge on any atom is -0.262 e. The molecule has 116 valence electrons. The van der Waals surface area contributed by atoms with Gasteiger partial charge in [0.25, 0.3) is 10.0 Å². The Morgan fingerprint density at radius 1 is 1.18 bits per heavy atom. The van der Waals surface area contributed by atoms with Crippen LogP contribution in [0.4, 0.5) is 5.69 Å². The maximum absolute atomic E-state index is 13.0. The molecule has 0 bridgehead atoms. The van der Waals surface area contributed by atoms with E-state index in [1.807, 2.05) is 26.0 Å². The third-order valence-corrected chi connectivity index (χ3v) is 5.40. The maximum Gasteiger partial charge on any atom is 0.264 e. The summed E-state index contributed by atoms with van der Waals surface area (Å²) in [6, 6.07) is 14.1. The number of benzene rings is 2. The molecule has 0 unspecified atom stereocenters. The number of halogens is 1. The first-order chi connectivity index (χ1) is 10.3. The van der Waals surface area contributed by atoms with E-state index >= 15 is 0 Å². The molecule has 2 aromatic carbocycles. The summed E-state index contributed by atoms with van der Waals surface area (Å²) >= 11 is 3.39. The summed E-state index contributed by atoms with van der Waals surface area (Å²) in [5.74, 6) is 0. The molecule has 0 aliphatic carbocycles. The molecule has 0 heterocycles. The first-order valence-electron chi connectivity index (χ1n) is 6.80. The molecule has 0 saturated heterocycles. The molecule has 22 heavy (non-hydrogen) atoms. The Kier molecular flexibility index (Phi) is 5.08. The van der Waals surface area contributed by atoms with Crippen LogP contribution in [0.1, 0.15) is 12.5 Å². The first-order valence-corrected chi connectivity index (χ1v) is 9.03. The average Bonchev–Trinajstić information content (AvgIpc) is 2.45. The minimum atomic E-state index is -3.63. The molecule has 0 aliphatic rings. The van der Waals surface area contributed by atoms with Gasteiger partial charge in [-0.2, -0.15) is 0 Å². The molecule has 2 rings (SSSR count). The topological polar surface area (TPSA) is 37.4 Å². The van der Waals surface area contributed by atoms with E-state index in [9.17, 15) is 8.42 Å². The highest BCUT2D eigenvalue weighted by atomic mass is 79.9. The second kappa shape index (κ2) is 6.67. The summed E-state index contributed by atoms with van der Waals surface area (Å²) in [4.78, 5) is 0.277. The van der Waals surface area contributed by atoms with Gasteiger partial charge in [-0.25, -0.2) is 8.42 Å². The number of rotatable bonds is 5. The maximum atomic E-state index is 13.0. The summed E-state index contributed by atoms with van der Waals surface area (Å²) in [7, 11) is -3.63. The normalized spacial score (nSPS) is 11.2. The second-order valence-electron chi connectivity index (χ2n) is 5.26. The summed E-state index contributed by atoms with van der Waals surface area (Å²) in [5.41, 5.74) is 2.40. The predicted molar refractivity (Wildman–Crippen MR) is 94.7 cm³/mol. The van der Waals surface area contributed by atoms with Crippen molar-refractivity contribution in [3.05, 3.63) is 70.7 Å². The van der Waals surface area contributed by atoms with Crippen LogP contribution in [0.15, 0.2) is 70.1 Å². The molecule has 0 radical (unpaired) electrons. The van der Waals surface area contributed by atoms with Gasteiger partial charge in [0.1, 0.15) is 0 Å². The lowest BCUT2D eigenvalue weighted by Gasteiger charge is -2.25. The minimum absolute atomic E-state index is 0.243. The molecule has 0 atom stereocenters. The van der Waals surface area contributed by atoms with E-state index in [0.29, 0.717) is 5.69 Å². The third kappa shape index (κ3) is 3.78. The molecule has 0 amide bonds. The molecule has 0 spiro atoms. The monoisotopic (exact) mass is 379 g/mol. The van der Waals surface area contributed by atoms with Crippen LogP contribution < -0.4 is 4.31 Å². The SMILES string of the molecule is C=C(C)CN(c1cccc(Br)c1)S(=O)(=O)c1ccc(C)cc1. The number of aryl methyl sites for hydroxylation is 1. The predicted octanol–water partition coefficient (Wildman–Crippen LogP) is 4.53. The fraction of sp³-hybridized carbons (Fsp3) is 0.176. The Labute approximate surface area is 140 Å². The first kappa shape index (κ1) is 16.8. The van der Waals surface area contributed by atoms with Gasteiger partial charge >= 0.3 is 0 Å². The molecule has 2 aromatic rings. The largest absolute Gasteiger partial charge is 0.264 e. The van der Waals surface area contributed by atoms with E-state index < -0.39 is 10.0 Å². The fourth-order valence-electron chi connectivity index (χ4n) is 2.03. The number of anilines is 1. The molecule has 0 fully saturated rings. The van der Waals surface area contributed by atoms with Crippen molar-refractivity contribution in [1.82, 2.24) is 0 Å². The molecule has 5 heteroatoms. The lowest BCUT2D eigenvalue weighted by molar-refractivity contribution is 0.592. The lowest BCUT2D eigenvalue weighted by atomic mass is 10.2. The van der Waals surface area contributed by atoms with Crippen LogP contribution >= 0.6 is 15.9 Å². The van der Waals surface area contributed by atoms with Gasteiger partial charge in [-0.1, -0.05) is 51.8 Å². The Morgan fingerprint density at radius 3 is 2.36 bits per heavy atom. The van der Waals surface area contributed by atoms with E-state index in [-0.39, 0.29) is 11.4 Å². The highest BCUT2D eigenvalue weighted by Gasteiger charge is 2.24. The van der Waals surface area contributed by atoms with E-state index in [4.69, 9.17) is 0 Å². The van der Waals surface area contributed by atoms with Crippen LogP contribution in [0.2, 0.25) is 0 Å². The summed E-state index contributed by atoms with van der Waals surface area (Å²) < 4.78 is 28.1. The van der Waals surface area contributed by atoms with Crippen molar-refractivity contribution in [2.45, 2.75) is 18.7 Å². The smallest absolute Gasteiger partial charge is 0.262 e. The number of sulfonamides is 1. The van der Waals surface area contributed by atoms with Crippen LogP contribution in [0.25, 0.3) is 0 Å². The number of hydrogen-bond acceptors (Lipinski definition) is 2. The summed E-state index contributed by atoms with van der Waals surface area (Å²) in [6.07, 6.45) is 0. The quantitative estimate of drug-likeness (QED) is 0.715. The van der Waals surface area contributed by atoms with Crippen molar-refractivity contribution in [3.63, 3.8) is 0 Å². The highest BCUT2D eigenvalue weighted by molar-refractivity contribution is 9.10. The standard InChI is InChI=1S/C17H18BrNO2S/c1-13(2)12-19(16-6-4-5-15(18)11-16)22(20,21)17-9-7-14(3)8-10-17/h4-11H,1,12H2,2-3H3. The van der Waals surface area contributed by atoms with E-state index in [1.165, 1.54) is 4.31 Å². The second-order valence-corrected chi connectivity index (χ2v) is 8.04. The van der Waals surface area contributed by atoms with Gasteiger partial charge in [-0.15, -0.1) is 0 Å². The zero-order valence-electron chi connectivity index (χ0n) is 12.6. The van der Waals surface area contributed by atoms with Crippen molar-refractivity contribution in [2.24, 2.45) is 0 Å². The van der Waals surface area contributed by atoms with Gasteiger partial charge in [-0.05, 0) is 44.2 Å². The Hall–Kier alpha value is -1.59. The van der Waals surface area contributed by atoms with Crippen LogP contribution in [-0.4, -0.2) is 15.0 Å². The molecule has 0 saturated carbocycles. The van der Waals surface area contributed by atoms with Gasteiger partial charge in [0.05, 0.1) is 17.1 Å². The van der Waals surface area contributed by atoms with E-state index in [1.54, 1.807) is 36.4 Å². The van der Waals surface area contributed by atoms with Crippen molar-refractivity contribution in [3.8, 4) is 0 Å². The zero-order valence-corrected chi connectivity index (χ0v) is 15.0. The van der Waals surface area contributed by atoms with Crippen molar-refractivity contribution < 1.29 is 8.42 Å². The van der Waals surface area contributed by atoms with Crippen LogP contribution in [0.5, 0.6) is 0 Å². The Balaban J connectivity index is 2.53. The van der Waals surface area contributed by atoms with Crippen molar-refractivity contribution >= 4 is 31.6 Å². The lowest BCUT2D eigenvalue weighted by Crippen LogP contribution is -2.32. The number of hydrogen-bond donors (Lipinski definition) is 0. The average molecular weight is 380 g/mol. The number of nitrogens with zero attached hydrogens (tertiary/aromatic N) is 1. The van der Waals surface area contributed by atoms with Crippen LogP contribution in [0, 0.1) is 6.92 Å². The van der Waals surface area contributed by atoms with Gasteiger partial charge in [0.2, 0.25) is 0 Å². The Morgan fingerprint density at radius 2 is 1.82 bits per heavy atom. The summed E-state index contributed by atoms with van der Waals surface area (Å²) in [6.45, 7) is 7.83. The molecular formula is C17H18BrNO2S. The molecule has 0 N–H and O–H groups in total. The fourth-order valence-corrected chi connectivity index (χ4v) is 3.93. The van der Waals surface area contributed by atoms with Gasteiger partial charge in [0, 0.05) is 4.47 Å². The highest BCUT2D eigenvalue weighted by Crippen LogP contribution is 2.27.